The topological polar surface area (TPSA) is 96.0 Å². The summed E-state index contributed by atoms with van der Waals surface area (Å²) in [4.78, 5) is 29.1. The molecule has 1 aliphatic heterocycles. The zero-order chi connectivity index (χ0) is 18.0. The van der Waals surface area contributed by atoms with Gasteiger partial charge in [-0.3, -0.25) is 19.8 Å². The molecule has 0 atom stereocenters. The fourth-order valence-electron chi connectivity index (χ4n) is 2.24. The van der Waals surface area contributed by atoms with Crippen molar-refractivity contribution in [2.75, 3.05) is 7.05 Å². The van der Waals surface area contributed by atoms with Crippen LogP contribution in [0.5, 0.6) is 5.75 Å². The number of aromatic hydroxyl groups is 1. The Balaban J connectivity index is 1.95. The average Bonchev–Trinajstić information content (AvgIpc) is 2.83. The molecule has 8 heteroatoms. The highest BCUT2D eigenvalue weighted by Crippen LogP contribution is 2.34. The second kappa shape index (κ2) is 6.78. The monoisotopic (exact) mass is 355 g/mol. The summed E-state index contributed by atoms with van der Waals surface area (Å²) < 4.78 is 0. The van der Waals surface area contributed by atoms with Crippen LogP contribution in [0.3, 0.4) is 0 Å². The van der Waals surface area contributed by atoms with Crippen molar-refractivity contribution < 1.29 is 14.8 Å². The Bertz CT molecular complexity index is 924. The molecule has 0 aliphatic carbocycles. The van der Waals surface area contributed by atoms with Crippen LogP contribution < -0.4 is 0 Å². The van der Waals surface area contributed by atoms with Crippen molar-refractivity contribution in [3.63, 3.8) is 0 Å². The van der Waals surface area contributed by atoms with Gasteiger partial charge >= 0.3 is 0 Å². The van der Waals surface area contributed by atoms with Crippen molar-refractivity contribution in [3.8, 4) is 5.75 Å². The standard InChI is InChI=1S/C17H13N3O4S/c1-19-16(22)15(9-11-5-2-3-8-14(11)20(23)24)25-17(19)18-12-6-4-7-13(21)10-12/h2-10,21H,1H3/b15-9-,18-17?. The van der Waals surface area contributed by atoms with E-state index in [9.17, 15) is 20.0 Å². The number of likely N-dealkylation sites (N-methyl/N-ethyl adjacent to an activating group) is 1. The molecule has 2 aromatic carbocycles. The highest BCUT2D eigenvalue weighted by atomic mass is 32.2. The Morgan fingerprint density at radius 3 is 2.72 bits per heavy atom. The number of carbonyl (C=O) groups excluding carboxylic acids is 1. The van der Waals surface area contributed by atoms with Crippen LogP contribution in [0.15, 0.2) is 58.4 Å². The summed E-state index contributed by atoms with van der Waals surface area (Å²) in [6.45, 7) is 0. The molecule has 0 saturated carbocycles. The minimum atomic E-state index is -0.484. The van der Waals surface area contributed by atoms with Gasteiger partial charge in [0, 0.05) is 19.2 Å². The summed E-state index contributed by atoms with van der Waals surface area (Å²) in [7, 11) is 1.58. The number of hydrogen-bond acceptors (Lipinski definition) is 6. The number of amides is 1. The van der Waals surface area contributed by atoms with E-state index in [-0.39, 0.29) is 17.3 Å². The SMILES string of the molecule is CN1C(=O)/C(=C/c2ccccc2[N+](=O)[O-])SC1=Nc1cccc(O)c1. The second-order valence-electron chi connectivity index (χ2n) is 5.20. The first-order valence-electron chi connectivity index (χ1n) is 7.24. The molecule has 2 aromatic rings. The second-order valence-corrected chi connectivity index (χ2v) is 6.21. The number of phenols is 1. The third-order valence-electron chi connectivity index (χ3n) is 3.48. The van der Waals surface area contributed by atoms with E-state index in [1.807, 2.05) is 0 Å². The van der Waals surface area contributed by atoms with Crippen LogP contribution in [0.1, 0.15) is 5.56 Å². The van der Waals surface area contributed by atoms with Crippen LogP contribution in [0.2, 0.25) is 0 Å². The number of amidine groups is 1. The molecule has 126 valence electrons. The molecule has 0 radical (unpaired) electrons. The lowest BCUT2D eigenvalue weighted by atomic mass is 10.1. The summed E-state index contributed by atoms with van der Waals surface area (Å²) >= 11 is 1.13. The van der Waals surface area contributed by atoms with Gasteiger partial charge in [0.15, 0.2) is 5.17 Å². The first-order valence-corrected chi connectivity index (χ1v) is 8.06. The van der Waals surface area contributed by atoms with E-state index in [4.69, 9.17) is 0 Å². The molecule has 0 bridgehead atoms. The van der Waals surface area contributed by atoms with Crippen LogP contribution in [0.4, 0.5) is 11.4 Å². The first-order chi connectivity index (χ1) is 12.0. The third kappa shape index (κ3) is 3.53. The van der Waals surface area contributed by atoms with Gasteiger partial charge in [-0.05, 0) is 36.0 Å². The maximum absolute atomic E-state index is 12.4. The smallest absolute Gasteiger partial charge is 0.276 e. The van der Waals surface area contributed by atoms with Crippen LogP contribution >= 0.6 is 11.8 Å². The molecule has 1 N–H and O–H groups in total. The number of hydrogen-bond donors (Lipinski definition) is 1. The lowest BCUT2D eigenvalue weighted by molar-refractivity contribution is -0.385. The number of benzene rings is 2. The highest BCUT2D eigenvalue weighted by molar-refractivity contribution is 8.18. The molecule has 3 rings (SSSR count). The minimum Gasteiger partial charge on any atom is -0.508 e. The zero-order valence-corrected chi connectivity index (χ0v) is 13.9. The molecule has 1 fully saturated rings. The van der Waals surface area contributed by atoms with E-state index in [1.54, 1.807) is 37.4 Å². The number of carbonyl (C=O) groups is 1. The molecule has 0 unspecified atom stereocenters. The molecule has 1 aliphatic rings. The quantitative estimate of drug-likeness (QED) is 0.516. The fraction of sp³-hybridized carbons (Fsp3) is 0.0588. The van der Waals surface area contributed by atoms with Gasteiger partial charge in [-0.2, -0.15) is 0 Å². The number of para-hydroxylation sites is 1. The molecule has 0 aromatic heterocycles. The summed E-state index contributed by atoms with van der Waals surface area (Å²) in [5.74, 6) is -0.212. The van der Waals surface area contributed by atoms with E-state index in [0.717, 1.165) is 11.8 Å². The van der Waals surface area contributed by atoms with Crippen molar-refractivity contribution >= 4 is 40.3 Å². The Morgan fingerprint density at radius 2 is 2.00 bits per heavy atom. The molecule has 0 spiro atoms. The summed E-state index contributed by atoms with van der Waals surface area (Å²) in [6, 6.07) is 12.6. The van der Waals surface area contributed by atoms with E-state index in [2.05, 4.69) is 4.99 Å². The van der Waals surface area contributed by atoms with Crippen molar-refractivity contribution in [2.24, 2.45) is 4.99 Å². The maximum atomic E-state index is 12.4. The van der Waals surface area contributed by atoms with Crippen molar-refractivity contribution in [3.05, 3.63) is 69.1 Å². The summed E-state index contributed by atoms with van der Waals surface area (Å²) in [5, 5.41) is 21.0. The van der Waals surface area contributed by atoms with Crippen LogP contribution in [-0.4, -0.2) is 33.1 Å². The predicted octanol–water partition coefficient (Wildman–Crippen LogP) is 3.53. The van der Waals surface area contributed by atoms with Gasteiger partial charge < -0.3 is 5.11 Å². The number of nitro benzene ring substituents is 1. The molecule has 25 heavy (non-hydrogen) atoms. The number of nitro groups is 1. The summed E-state index contributed by atoms with van der Waals surface area (Å²) in [5.41, 5.74) is 0.800. The Labute approximate surface area is 147 Å². The van der Waals surface area contributed by atoms with E-state index >= 15 is 0 Å². The third-order valence-corrected chi connectivity index (χ3v) is 4.54. The zero-order valence-electron chi connectivity index (χ0n) is 13.1. The van der Waals surface area contributed by atoms with Crippen LogP contribution in [-0.2, 0) is 4.79 Å². The van der Waals surface area contributed by atoms with E-state index in [0.29, 0.717) is 21.3 Å². The van der Waals surface area contributed by atoms with Crippen molar-refractivity contribution in [2.45, 2.75) is 0 Å². The predicted molar refractivity (Wildman–Crippen MR) is 96.6 cm³/mol. The summed E-state index contributed by atoms with van der Waals surface area (Å²) in [6.07, 6.45) is 1.49. The average molecular weight is 355 g/mol. The van der Waals surface area contributed by atoms with Gasteiger partial charge in [0.2, 0.25) is 0 Å². The number of aliphatic imine (C=N–C) groups is 1. The van der Waals surface area contributed by atoms with Gasteiger partial charge in [-0.15, -0.1) is 0 Å². The minimum absolute atomic E-state index is 0.0653. The van der Waals surface area contributed by atoms with Gasteiger partial charge in [-0.1, -0.05) is 18.2 Å². The molecule has 1 heterocycles. The molecule has 1 saturated heterocycles. The largest absolute Gasteiger partial charge is 0.508 e. The van der Waals surface area contributed by atoms with E-state index < -0.39 is 4.92 Å². The molecule has 7 nitrogen and oxygen atoms in total. The van der Waals surface area contributed by atoms with Gasteiger partial charge in [-0.25, -0.2) is 4.99 Å². The van der Waals surface area contributed by atoms with Crippen LogP contribution in [0.25, 0.3) is 6.08 Å². The van der Waals surface area contributed by atoms with Crippen molar-refractivity contribution in [1.29, 1.82) is 0 Å². The number of rotatable bonds is 3. The number of nitrogens with zero attached hydrogens (tertiary/aromatic N) is 3. The molecular weight excluding hydrogens is 342 g/mol. The van der Waals surface area contributed by atoms with Crippen molar-refractivity contribution in [1.82, 2.24) is 4.90 Å². The first kappa shape index (κ1) is 16.7. The number of phenolic OH excluding ortho intramolecular Hbond substituents is 1. The lowest BCUT2D eigenvalue weighted by Gasteiger charge is -2.07. The van der Waals surface area contributed by atoms with Crippen LogP contribution in [0, 0.1) is 10.1 Å². The molecule has 1 amide bonds. The molecular formula is C17H13N3O4S. The highest BCUT2D eigenvalue weighted by Gasteiger charge is 2.31. The Morgan fingerprint density at radius 1 is 1.24 bits per heavy atom. The number of thioether (sulfide) groups is 1. The van der Waals surface area contributed by atoms with Gasteiger partial charge in [0.05, 0.1) is 21.1 Å². The Hall–Kier alpha value is -3.13. The normalized spacial score (nSPS) is 17.5. The van der Waals surface area contributed by atoms with Gasteiger partial charge in [0.1, 0.15) is 5.75 Å². The lowest BCUT2D eigenvalue weighted by Crippen LogP contribution is -2.23. The van der Waals surface area contributed by atoms with E-state index in [1.165, 1.54) is 29.2 Å². The van der Waals surface area contributed by atoms with Gasteiger partial charge in [0.25, 0.3) is 11.6 Å². The maximum Gasteiger partial charge on any atom is 0.276 e. The fourth-order valence-corrected chi connectivity index (χ4v) is 3.22. The Kier molecular flexibility index (Phi) is 4.53.